The summed E-state index contributed by atoms with van der Waals surface area (Å²) in [5.41, 5.74) is 0.628. The van der Waals surface area contributed by atoms with Crippen molar-refractivity contribution in [3.63, 3.8) is 0 Å². The quantitative estimate of drug-likeness (QED) is 0.281. The number of alkyl carbamates (subject to hydrolysis) is 1. The van der Waals surface area contributed by atoms with E-state index < -0.39 is 41.8 Å². The minimum Gasteiger partial charge on any atom is -0.488 e. The highest BCUT2D eigenvalue weighted by Crippen LogP contribution is 2.20. The first-order valence-corrected chi connectivity index (χ1v) is 13.2. The molecule has 39 heavy (non-hydrogen) atoms. The smallest absolute Gasteiger partial charge is 0.407 e. The summed E-state index contributed by atoms with van der Waals surface area (Å²) in [6.45, 7) is 11.1. The summed E-state index contributed by atoms with van der Waals surface area (Å²) in [6, 6.07) is 15.8. The number of amides is 1. The number of carbonyl (C=O) groups is 2. The molecule has 4 N–H and O–H groups in total. The van der Waals surface area contributed by atoms with Crippen LogP contribution in [0.4, 0.5) is 4.79 Å². The predicted octanol–water partition coefficient (Wildman–Crippen LogP) is 4.91. The van der Waals surface area contributed by atoms with E-state index in [4.69, 9.17) is 9.47 Å². The fourth-order valence-corrected chi connectivity index (χ4v) is 3.92. The van der Waals surface area contributed by atoms with Crippen LogP contribution >= 0.6 is 0 Å². The highest BCUT2D eigenvalue weighted by Gasteiger charge is 2.27. The van der Waals surface area contributed by atoms with Crippen LogP contribution in [0.3, 0.4) is 0 Å². The van der Waals surface area contributed by atoms with Crippen LogP contribution in [0, 0.1) is 5.92 Å². The van der Waals surface area contributed by atoms with Gasteiger partial charge in [0.15, 0.2) is 0 Å². The zero-order valence-corrected chi connectivity index (χ0v) is 23.8. The Hall–Kier alpha value is -3.36. The van der Waals surface area contributed by atoms with Crippen molar-refractivity contribution in [3.05, 3.63) is 77.9 Å². The van der Waals surface area contributed by atoms with E-state index in [9.17, 15) is 24.9 Å². The molecule has 1 amide bonds. The monoisotopic (exact) mass is 541 g/mol. The Morgan fingerprint density at radius 2 is 1.46 bits per heavy atom. The molecule has 0 aromatic heterocycles. The standard InChI is InChI=1S/C31H43NO7/c1-30(2,3)38-23-17-15-22(16-18-23)20-25(32-29(37)39-31(4,5)6)27(34)14-10-13-26(33)24(28(35)36)19-21-11-8-7-9-12-21/h7-13,15-18,24-27,33-34H,14,19-20H2,1-6H3,(H,32,37)(H,35,36)/b13-10-/t24-,25+,26-,27-/m1/s1. The first kappa shape index (κ1) is 31.9. The summed E-state index contributed by atoms with van der Waals surface area (Å²) in [6.07, 6.45) is 0.568. The van der Waals surface area contributed by atoms with Crippen LogP contribution in [0.5, 0.6) is 5.75 Å². The van der Waals surface area contributed by atoms with E-state index in [-0.39, 0.29) is 18.4 Å². The molecule has 2 aromatic rings. The van der Waals surface area contributed by atoms with E-state index in [0.29, 0.717) is 12.2 Å². The van der Waals surface area contributed by atoms with Crippen LogP contribution in [-0.2, 0) is 22.4 Å². The number of aliphatic hydroxyl groups excluding tert-OH is 2. The van der Waals surface area contributed by atoms with E-state index in [2.05, 4.69) is 5.32 Å². The van der Waals surface area contributed by atoms with Gasteiger partial charge in [-0.2, -0.15) is 0 Å². The molecule has 8 nitrogen and oxygen atoms in total. The van der Waals surface area contributed by atoms with E-state index in [1.807, 2.05) is 75.4 Å². The number of aliphatic hydroxyl groups is 2. The van der Waals surface area contributed by atoms with Gasteiger partial charge in [0, 0.05) is 0 Å². The lowest BCUT2D eigenvalue weighted by Crippen LogP contribution is -2.46. The topological polar surface area (TPSA) is 125 Å². The normalized spacial score (nSPS) is 15.3. The molecule has 0 saturated carbocycles. The molecule has 0 saturated heterocycles. The van der Waals surface area contributed by atoms with Crippen molar-refractivity contribution in [3.8, 4) is 5.75 Å². The van der Waals surface area contributed by atoms with Gasteiger partial charge in [-0.1, -0.05) is 54.6 Å². The van der Waals surface area contributed by atoms with Crippen LogP contribution < -0.4 is 10.1 Å². The Morgan fingerprint density at radius 3 is 2.00 bits per heavy atom. The maximum absolute atomic E-state index is 12.5. The van der Waals surface area contributed by atoms with Gasteiger partial charge in [-0.3, -0.25) is 4.79 Å². The first-order chi connectivity index (χ1) is 18.1. The molecule has 0 radical (unpaired) electrons. The van der Waals surface area contributed by atoms with Crippen LogP contribution in [0.15, 0.2) is 66.7 Å². The Balaban J connectivity index is 2.11. The molecule has 214 valence electrons. The summed E-state index contributed by atoms with van der Waals surface area (Å²) in [5.74, 6) is -1.44. The second-order valence-electron chi connectivity index (χ2n) is 11.7. The minimum atomic E-state index is -1.25. The second-order valence-corrected chi connectivity index (χ2v) is 11.7. The molecule has 0 unspecified atom stereocenters. The minimum absolute atomic E-state index is 0.0837. The van der Waals surface area contributed by atoms with Gasteiger partial charge < -0.3 is 30.1 Å². The van der Waals surface area contributed by atoms with Gasteiger partial charge in [-0.05, 0) is 84.1 Å². The summed E-state index contributed by atoms with van der Waals surface area (Å²) in [5, 5.41) is 33.9. The van der Waals surface area contributed by atoms with Gasteiger partial charge in [0.1, 0.15) is 17.0 Å². The number of ether oxygens (including phenoxy) is 2. The number of carbonyl (C=O) groups excluding carboxylic acids is 1. The summed E-state index contributed by atoms with van der Waals surface area (Å²) in [4.78, 5) is 24.3. The Morgan fingerprint density at radius 1 is 0.872 bits per heavy atom. The van der Waals surface area contributed by atoms with Crippen molar-refractivity contribution in [1.82, 2.24) is 5.32 Å². The maximum Gasteiger partial charge on any atom is 0.407 e. The van der Waals surface area contributed by atoms with Gasteiger partial charge >= 0.3 is 12.1 Å². The predicted molar refractivity (Wildman–Crippen MR) is 151 cm³/mol. The van der Waals surface area contributed by atoms with E-state index >= 15 is 0 Å². The van der Waals surface area contributed by atoms with Crippen molar-refractivity contribution < 1.29 is 34.4 Å². The Kier molecular flexibility index (Phi) is 11.6. The Labute approximate surface area is 231 Å². The number of rotatable bonds is 12. The lowest BCUT2D eigenvalue weighted by atomic mass is 9.93. The van der Waals surface area contributed by atoms with E-state index in [1.54, 1.807) is 26.8 Å². The number of benzene rings is 2. The van der Waals surface area contributed by atoms with Crippen molar-refractivity contribution in [2.24, 2.45) is 5.92 Å². The molecule has 0 aliphatic heterocycles. The van der Waals surface area contributed by atoms with E-state index in [1.165, 1.54) is 6.08 Å². The summed E-state index contributed by atoms with van der Waals surface area (Å²) < 4.78 is 11.2. The number of hydrogen-bond donors (Lipinski definition) is 4. The number of hydrogen-bond acceptors (Lipinski definition) is 6. The fourth-order valence-electron chi connectivity index (χ4n) is 3.92. The SMILES string of the molecule is CC(C)(C)OC(=O)N[C@@H](Cc1ccc(OC(C)(C)C)cc1)[C@H](O)C/C=C\[C@@H](O)[C@@H](Cc1ccccc1)C(=O)O. The molecule has 4 atom stereocenters. The van der Waals surface area contributed by atoms with Gasteiger partial charge in [0.2, 0.25) is 0 Å². The highest BCUT2D eigenvalue weighted by molar-refractivity contribution is 5.71. The first-order valence-electron chi connectivity index (χ1n) is 13.2. The molecular weight excluding hydrogens is 498 g/mol. The van der Waals surface area contributed by atoms with Crippen LogP contribution in [0.2, 0.25) is 0 Å². The van der Waals surface area contributed by atoms with Crippen LogP contribution in [0.1, 0.15) is 59.1 Å². The summed E-state index contributed by atoms with van der Waals surface area (Å²) >= 11 is 0. The third-order valence-electron chi connectivity index (χ3n) is 5.71. The highest BCUT2D eigenvalue weighted by atomic mass is 16.6. The maximum atomic E-state index is 12.5. The molecular formula is C31H43NO7. The third-order valence-corrected chi connectivity index (χ3v) is 5.71. The zero-order valence-electron chi connectivity index (χ0n) is 23.8. The second kappa shape index (κ2) is 14.1. The van der Waals surface area contributed by atoms with Crippen LogP contribution in [-0.4, -0.2) is 56.8 Å². The lowest BCUT2D eigenvalue weighted by molar-refractivity contribution is -0.144. The zero-order chi connectivity index (χ0) is 29.2. The number of carboxylic acid groups (broad SMARTS) is 1. The van der Waals surface area contributed by atoms with Gasteiger partial charge in [0.05, 0.1) is 24.2 Å². The number of carboxylic acids is 1. The lowest BCUT2D eigenvalue weighted by Gasteiger charge is -2.27. The van der Waals surface area contributed by atoms with Crippen molar-refractivity contribution in [2.45, 2.75) is 90.3 Å². The molecule has 8 heteroatoms. The molecule has 2 rings (SSSR count). The van der Waals surface area contributed by atoms with Crippen molar-refractivity contribution in [1.29, 1.82) is 0 Å². The summed E-state index contributed by atoms with van der Waals surface area (Å²) in [7, 11) is 0. The average molecular weight is 542 g/mol. The van der Waals surface area contributed by atoms with E-state index in [0.717, 1.165) is 11.1 Å². The molecule has 0 fully saturated rings. The van der Waals surface area contributed by atoms with Gasteiger partial charge in [0.25, 0.3) is 0 Å². The average Bonchev–Trinajstić information content (AvgIpc) is 2.81. The molecule has 0 spiro atoms. The van der Waals surface area contributed by atoms with Crippen molar-refractivity contribution in [2.75, 3.05) is 0 Å². The largest absolute Gasteiger partial charge is 0.488 e. The Bertz CT molecular complexity index is 1070. The fraction of sp³-hybridized carbons (Fsp3) is 0.484. The van der Waals surface area contributed by atoms with Crippen LogP contribution in [0.25, 0.3) is 0 Å². The van der Waals surface area contributed by atoms with Crippen molar-refractivity contribution >= 4 is 12.1 Å². The molecule has 0 heterocycles. The van der Waals surface area contributed by atoms with Gasteiger partial charge in [-0.25, -0.2) is 4.79 Å². The molecule has 2 aromatic carbocycles. The molecule has 0 aliphatic carbocycles. The molecule has 0 bridgehead atoms. The third kappa shape index (κ3) is 12.4. The molecule has 0 aliphatic rings. The number of aliphatic carboxylic acids is 1. The number of nitrogens with one attached hydrogen (secondary N) is 1. The van der Waals surface area contributed by atoms with Gasteiger partial charge in [-0.15, -0.1) is 0 Å².